The largest absolute Gasteiger partial charge is 0.377 e. The van der Waals surface area contributed by atoms with Crippen molar-refractivity contribution in [1.29, 1.82) is 0 Å². The number of fused-ring (bicyclic) bond motifs is 2. The second-order valence-electron chi connectivity index (χ2n) is 5.68. The molecular formula is C13H17N5O2. The van der Waals surface area contributed by atoms with Crippen LogP contribution in [0.15, 0.2) is 17.2 Å². The highest BCUT2D eigenvalue weighted by Gasteiger charge is 2.37. The second kappa shape index (κ2) is 4.39. The highest BCUT2D eigenvalue weighted by Crippen LogP contribution is 2.29. The molecule has 7 nitrogen and oxygen atoms in total. The molecule has 2 aromatic rings. The Kier molecular flexibility index (Phi) is 2.64. The van der Waals surface area contributed by atoms with Crippen LogP contribution < -0.4 is 5.56 Å². The molecule has 0 N–H and O–H groups in total. The van der Waals surface area contributed by atoms with Crippen molar-refractivity contribution >= 4 is 5.65 Å². The normalized spacial score (nSPS) is 26.4. The first-order valence-corrected chi connectivity index (χ1v) is 6.95. The molecule has 2 atom stereocenters. The summed E-state index contributed by atoms with van der Waals surface area (Å²) in [6.45, 7) is 3.60. The Morgan fingerprint density at radius 3 is 3.10 bits per heavy atom. The lowest BCUT2D eigenvalue weighted by Crippen LogP contribution is -2.24. The summed E-state index contributed by atoms with van der Waals surface area (Å²) in [6.07, 6.45) is 5.12. The predicted octanol–water partition coefficient (Wildman–Crippen LogP) is -0.351. The van der Waals surface area contributed by atoms with E-state index in [1.807, 2.05) is 6.20 Å². The van der Waals surface area contributed by atoms with Crippen molar-refractivity contribution in [3.05, 3.63) is 28.6 Å². The van der Waals surface area contributed by atoms with Gasteiger partial charge in [0, 0.05) is 45.1 Å². The van der Waals surface area contributed by atoms with Gasteiger partial charge < -0.3 is 9.30 Å². The summed E-state index contributed by atoms with van der Waals surface area (Å²) >= 11 is 0. The van der Waals surface area contributed by atoms with Crippen LogP contribution in [0.2, 0.25) is 0 Å². The maximum Gasteiger partial charge on any atom is 0.295 e. The number of aromatic nitrogens is 4. The van der Waals surface area contributed by atoms with Crippen LogP contribution in [0.3, 0.4) is 0 Å². The van der Waals surface area contributed by atoms with Gasteiger partial charge in [-0.15, -0.1) is 10.2 Å². The summed E-state index contributed by atoms with van der Waals surface area (Å²) in [7, 11) is 1.72. The van der Waals surface area contributed by atoms with Gasteiger partial charge in [0.05, 0.1) is 12.6 Å². The van der Waals surface area contributed by atoms with Gasteiger partial charge in [0.2, 0.25) is 5.65 Å². The van der Waals surface area contributed by atoms with Crippen molar-refractivity contribution in [2.75, 3.05) is 19.7 Å². The van der Waals surface area contributed by atoms with Crippen LogP contribution >= 0.6 is 0 Å². The SMILES string of the molecule is Cn1ccn2c(CN3C[C@@H]4CCO[C@@H]4C3)nnc2c1=O. The quantitative estimate of drug-likeness (QED) is 0.749. The molecule has 0 unspecified atom stereocenters. The number of ether oxygens (including phenoxy) is 1. The molecule has 2 aliphatic rings. The fourth-order valence-electron chi connectivity index (χ4n) is 3.22. The second-order valence-corrected chi connectivity index (χ2v) is 5.68. The van der Waals surface area contributed by atoms with Crippen molar-refractivity contribution < 1.29 is 4.74 Å². The summed E-state index contributed by atoms with van der Waals surface area (Å²) in [6, 6.07) is 0. The van der Waals surface area contributed by atoms with Crippen molar-refractivity contribution in [2.45, 2.75) is 19.1 Å². The van der Waals surface area contributed by atoms with Crippen molar-refractivity contribution in [3.63, 3.8) is 0 Å². The number of nitrogens with zero attached hydrogens (tertiary/aromatic N) is 5. The molecule has 4 rings (SSSR count). The van der Waals surface area contributed by atoms with E-state index in [0.29, 0.717) is 24.2 Å². The molecule has 0 bridgehead atoms. The molecule has 0 saturated carbocycles. The van der Waals surface area contributed by atoms with Gasteiger partial charge in [-0.3, -0.25) is 14.1 Å². The molecule has 2 aromatic heterocycles. The third-order valence-electron chi connectivity index (χ3n) is 4.36. The van der Waals surface area contributed by atoms with Crippen LogP contribution in [0.25, 0.3) is 5.65 Å². The van der Waals surface area contributed by atoms with E-state index in [9.17, 15) is 4.79 Å². The van der Waals surface area contributed by atoms with Crippen LogP contribution in [-0.2, 0) is 18.3 Å². The van der Waals surface area contributed by atoms with E-state index in [-0.39, 0.29) is 5.56 Å². The monoisotopic (exact) mass is 275 g/mol. The van der Waals surface area contributed by atoms with E-state index in [1.54, 1.807) is 17.6 Å². The maximum atomic E-state index is 11.9. The molecule has 0 amide bonds. The zero-order valence-electron chi connectivity index (χ0n) is 11.4. The fourth-order valence-corrected chi connectivity index (χ4v) is 3.22. The Bertz CT molecular complexity index is 694. The summed E-state index contributed by atoms with van der Waals surface area (Å²) < 4.78 is 9.02. The first-order chi connectivity index (χ1) is 9.72. The molecule has 4 heterocycles. The summed E-state index contributed by atoms with van der Waals surface area (Å²) in [5, 5.41) is 8.19. The number of hydrogen-bond donors (Lipinski definition) is 0. The van der Waals surface area contributed by atoms with E-state index in [2.05, 4.69) is 15.1 Å². The summed E-state index contributed by atoms with van der Waals surface area (Å²) in [5.74, 6) is 1.47. The van der Waals surface area contributed by atoms with Crippen LogP contribution in [0.1, 0.15) is 12.2 Å². The van der Waals surface area contributed by atoms with Gasteiger partial charge in [-0.1, -0.05) is 0 Å². The number of hydrogen-bond acceptors (Lipinski definition) is 5. The lowest BCUT2D eigenvalue weighted by Gasteiger charge is -2.15. The van der Waals surface area contributed by atoms with E-state index in [0.717, 1.165) is 31.9 Å². The van der Waals surface area contributed by atoms with E-state index in [4.69, 9.17) is 4.74 Å². The number of aryl methyl sites for hydroxylation is 1. The summed E-state index contributed by atoms with van der Waals surface area (Å²) in [4.78, 5) is 14.3. The maximum absolute atomic E-state index is 11.9. The lowest BCUT2D eigenvalue weighted by atomic mass is 10.1. The van der Waals surface area contributed by atoms with Crippen LogP contribution in [0.4, 0.5) is 0 Å². The van der Waals surface area contributed by atoms with Gasteiger partial charge in [-0.05, 0) is 6.42 Å². The fraction of sp³-hybridized carbons (Fsp3) is 0.615. The van der Waals surface area contributed by atoms with Crippen molar-refractivity contribution in [3.8, 4) is 0 Å². The first kappa shape index (κ1) is 12.0. The Hall–Kier alpha value is -1.73. The van der Waals surface area contributed by atoms with Gasteiger partial charge in [-0.25, -0.2) is 0 Å². The minimum absolute atomic E-state index is 0.118. The molecule has 2 saturated heterocycles. The average molecular weight is 275 g/mol. The molecule has 20 heavy (non-hydrogen) atoms. The molecule has 2 fully saturated rings. The molecular weight excluding hydrogens is 258 g/mol. The highest BCUT2D eigenvalue weighted by molar-refractivity contribution is 5.34. The van der Waals surface area contributed by atoms with Gasteiger partial charge >= 0.3 is 0 Å². The Balaban J connectivity index is 1.61. The first-order valence-electron chi connectivity index (χ1n) is 6.95. The van der Waals surface area contributed by atoms with E-state index < -0.39 is 0 Å². The van der Waals surface area contributed by atoms with Gasteiger partial charge in [0.25, 0.3) is 5.56 Å². The van der Waals surface area contributed by atoms with Crippen LogP contribution in [0, 0.1) is 5.92 Å². The minimum Gasteiger partial charge on any atom is -0.377 e. The molecule has 2 aliphatic heterocycles. The predicted molar refractivity (Wildman–Crippen MR) is 71.4 cm³/mol. The molecule has 0 aromatic carbocycles. The Morgan fingerprint density at radius 2 is 2.25 bits per heavy atom. The minimum atomic E-state index is -0.118. The summed E-state index contributed by atoms with van der Waals surface area (Å²) in [5.41, 5.74) is 0.272. The van der Waals surface area contributed by atoms with Crippen LogP contribution in [0.5, 0.6) is 0 Å². The van der Waals surface area contributed by atoms with E-state index >= 15 is 0 Å². The number of rotatable bonds is 2. The molecule has 0 spiro atoms. The Morgan fingerprint density at radius 1 is 1.35 bits per heavy atom. The average Bonchev–Trinajstić information content (AvgIpc) is 3.09. The molecule has 0 radical (unpaired) electrons. The van der Waals surface area contributed by atoms with Crippen molar-refractivity contribution in [2.24, 2.45) is 13.0 Å². The smallest absolute Gasteiger partial charge is 0.295 e. The van der Waals surface area contributed by atoms with Gasteiger partial charge in [0.15, 0.2) is 5.82 Å². The Labute approximate surface area is 115 Å². The third-order valence-corrected chi connectivity index (χ3v) is 4.36. The zero-order chi connectivity index (χ0) is 13.7. The molecule has 0 aliphatic carbocycles. The van der Waals surface area contributed by atoms with Crippen molar-refractivity contribution in [1.82, 2.24) is 24.1 Å². The third kappa shape index (κ3) is 1.77. The number of likely N-dealkylation sites (tertiary alicyclic amines) is 1. The standard InChI is InChI=1S/C13H17N5O2/c1-16-3-4-18-11(14-15-12(18)13(16)19)8-17-6-9-2-5-20-10(9)7-17/h3-4,9-10H,2,5-8H2,1H3/t9-,10+/m0/s1. The molecule has 7 heteroatoms. The van der Waals surface area contributed by atoms with Gasteiger partial charge in [-0.2, -0.15) is 0 Å². The highest BCUT2D eigenvalue weighted by atomic mass is 16.5. The zero-order valence-corrected chi connectivity index (χ0v) is 11.4. The topological polar surface area (TPSA) is 64.7 Å². The lowest BCUT2D eigenvalue weighted by molar-refractivity contribution is 0.0980. The van der Waals surface area contributed by atoms with E-state index in [1.165, 1.54) is 4.57 Å². The van der Waals surface area contributed by atoms with Crippen LogP contribution in [-0.4, -0.2) is 49.9 Å². The van der Waals surface area contributed by atoms with Gasteiger partial charge in [0.1, 0.15) is 0 Å². The molecule has 106 valence electrons.